The maximum absolute atomic E-state index is 13.1. The normalized spacial score (nSPS) is 10.5. The summed E-state index contributed by atoms with van der Waals surface area (Å²) < 4.78 is 1.99. The van der Waals surface area contributed by atoms with Gasteiger partial charge in [-0.15, -0.1) is 16.8 Å². The van der Waals surface area contributed by atoms with Gasteiger partial charge in [0.05, 0.1) is 18.2 Å². The molecule has 0 spiro atoms. The Morgan fingerprint density at radius 1 is 1.19 bits per heavy atom. The zero-order valence-electron chi connectivity index (χ0n) is 18.5. The molecule has 0 bridgehead atoms. The highest BCUT2D eigenvalue weighted by molar-refractivity contribution is 7.99. The van der Waals surface area contributed by atoms with Crippen molar-refractivity contribution >= 4 is 23.4 Å². The number of aryl methyl sites for hydroxylation is 2. The van der Waals surface area contributed by atoms with Crippen LogP contribution in [0.25, 0.3) is 0 Å². The van der Waals surface area contributed by atoms with Crippen molar-refractivity contribution in [2.75, 3.05) is 17.2 Å². The van der Waals surface area contributed by atoms with Crippen LogP contribution in [0.5, 0.6) is 0 Å². The molecule has 0 aliphatic heterocycles. The summed E-state index contributed by atoms with van der Waals surface area (Å²) >= 11 is 1.36. The van der Waals surface area contributed by atoms with Crippen LogP contribution < -0.4 is 4.90 Å². The molecular weight excluding hydrogens is 418 g/mol. The van der Waals surface area contributed by atoms with Crippen molar-refractivity contribution < 1.29 is 4.79 Å². The topological polar surface area (TPSA) is 74.8 Å². The number of carbonyl (C=O) groups is 1. The van der Waals surface area contributed by atoms with Crippen LogP contribution in [0.1, 0.15) is 28.9 Å². The number of aromatic nitrogens is 3. The van der Waals surface area contributed by atoms with E-state index in [1.807, 2.05) is 48.7 Å². The molecule has 0 N–H and O–H groups in total. The molecule has 0 aliphatic carbocycles. The van der Waals surface area contributed by atoms with E-state index in [0.717, 1.165) is 28.2 Å². The number of rotatable bonds is 10. The van der Waals surface area contributed by atoms with Crippen LogP contribution in [-0.4, -0.2) is 33.0 Å². The number of nitriles is 1. The second-order valence-electron chi connectivity index (χ2n) is 7.55. The first-order valence-electron chi connectivity index (χ1n) is 10.5. The summed E-state index contributed by atoms with van der Waals surface area (Å²) in [6.45, 7) is 8.78. The van der Waals surface area contributed by atoms with Crippen LogP contribution >= 0.6 is 11.8 Å². The Morgan fingerprint density at radius 3 is 2.56 bits per heavy atom. The first kappa shape index (κ1) is 23.3. The van der Waals surface area contributed by atoms with Crippen LogP contribution in [0.15, 0.2) is 66.3 Å². The highest BCUT2D eigenvalue weighted by atomic mass is 32.2. The quantitative estimate of drug-likeness (QED) is 0.334. The predicted molar refractivity (Wildman–Crippen MR) is 129 cm³/mol. The molecule has 7 heteroatoms. The molecule has 2 aromatic carbocycles. The summed E-state index contributed by atoms with van der Waals surface area (Å²) in [7, 11) is 0. The van der Waals surface area contributed by atoms with E-state index in [2.05, 4.69) is 41.0 Å². The Bertz CT molecular complexity index is 1100. The molecule has 0 unspecified atom stereocenters. The minimum absolute atomic E-state index is 0.0620. The lowest BCUT2D eigenvalue weighted by atomic mass is 10.1. The fraction of sp³-hybridized carbons (Fsp3) is 0.280. The molecule has 0 atom stereocenters. The third-order valence-corrected chi connectivity index (χ3v) is 5.85. The van der Waals surface area contributed by atoms with E-state index in [-0.39, 0.29) is 18.1 Å². The summed E-state index contributed by atoms with van der Waals surface area (Å²) in [5.74, 6) is 0.980. The van der Waals surface area contributed by atoms with Crippen molar-refractivity contribution in [2.24, 2.45) is 0 Å². The Morgan fingerprint density at radius 2 is 1.91 bits per heavy atom. The maximum Gasteiger partial charge on any atom is 0.237 e. The molecule has 1 heterocycles. The maximum atomic E-state index is 13.1. The number of allylic oxidation sites excluding steroid dienone is 1. The molecule has 0 radical (unpaired) electrons. The van der Waals surface area contributed by atoms with E-state index in [9.17, 15) is 4.79 Å². The molecular formula is C25H27N5OS. The van der Waals surface area contributed by atoms with E-state index >= 15 is 0 Å². The highest BCUT2D eigenvalue weighted by Gasteiger charge is 2.19. The smallest absolute Gasteiger partial charge is 0.237 e. The van der Waals surface area contributed by atoms with Crippen molar-refractivity contribution in [3.05, 3.63) is 83.7 Å². The van der Waals surface area contributed by atoms with E-state index < -0.39 is 0 Å². The summed E-state index contributed by atoms with van der Waals surface area (Å²) in [4.78, 5) is 14.8. The number of anilines is 1. The number of amides is 1. The third-order valence-electron chi connectivity index (χ3n) is 4.90. The van der Waals surface area contributed by atoms with Crippen molar-refractivity contribution in [1.29, 1.82) is 5.26 Å². The van der Waals surface area contributed by atoms with Crippen LogP contribution in [0.4, 0.5) is 5.69 Å². The van der Waals surface area contributed by atoms with Gasteiger partial charge in [-0.2, -0.15) is 5.26 Å². The Labute approximate surface area is 193 Å². The van der Waals surface area contributed by atoms with Gasteiger partial charge in [-0.05, 0) is 42.7 Å². The lowest BCUT2D eigenvalue weighted by molar-refractivity contribution is -0.116. The van der Waals surface area contributed by atoms with Crippen molar-refractivity contribution in [2.45, 2.75) is 38.4 Å². The average Bonchev–Trinajstić information content (AvgIpc) is 3.14. The van der Waals surface area contributed by atoms with Crippen molar-refractivity contribution in [3.8, 4) is 6.07 Å². The number of thioether (sulfide) groups is 1. The zero-order chi connectivity index (χ0) is 22.9. The first-order chi connectivity index (χ1) is 15.5. The second kappa shape index (κ2) is 11.3. The fourth-order valence-electron chi connectivity index (χ4n) is 3.52. The highest BCUT2D eigenvalue weighted by Crippen LogP contribution is 2.23. The summed E-state index contributed by atoms with van der Waals surface area (Å²) in [6.07, 6.45) is 2.74. The number of hydrogen-bond acceptors (Lipinski definition) is 5. The van der Waals surface area contributed by atoms with Crippen LogP contribution in [0.3, 0.4) is 0 Å². The molecule has 6 nitrogen and oxygen atoms in total. The largest absolute Gasteiger partial charge is 0.311 e. The molecule has 0 fully saturated rings. The minimum atomic E-state index is -0.0620. The zero-order valence-corrected chi connectivity index (χ0v) is 19.3. The lowest BCUT2D eigenvalue weighted by Gasteiger charge is -2.22. The van der Waals surface area contributed by atoms with Gasteiger partial charge in [-0.1, -0.05) is 54.2 Å². The van der Waals surface area contributed by atoms with Crippen LogP contribution in [0.2, 0.25) is 0 Å². The van der Waals surface area contributed by atoms with Crippen molar-refractivity contribution in [1.82, 2.24) is 14.8 Å². The van der Waals surface area contributed by atoms with Gasteiger partial charge in [0.2, 0.25) is 5.91 Å². The fourth-order valence-corrected chi connectivity index (χ4v) is 4.36. The van der Waals surface area contributed by atoms with Gasteiger partial charge in [0.1, 0.15) is 5.82 Å². The summed E-state index contributed by atoms with van der Waals surface area (Å²) in [6, 6.07) is 18.3. The number of carbonyl (C=O) groups excluding carboxylic acids is 1. The number of hydrogen-bond donors (Lipinski definition) is 0. The van der Waals surface area contributed by atoms with Crippen LogP contribution in [0, 0.1) is 25.2 Å². The van der Waals surface area contributed by atoms with Crippen molar-refractivity contribution in [3.63, 3.8) is 0 Å². The molecule has 0 aliphatic rings. The van der Waals surface area contributed by atoms with Gasteiger partial charge in [0.25, 0.3) is 0 Å². The molecule has 1 amide bonds. The molecule has 0 saturated heterocycles. The number of nitrogens with zero attached hydrogens (tertiary/aromatic N) is 5. The summed E-state index contributed by atoms with van der Waals surface area (Å²) in [5.41, 5.74) is 4.13. The summed E-state index contributed by atoms with van der Waals surface area (Å²) in [5, 5.41) is 18.4. The Balaban J connectivity index is 1.76. The molecule has 1 aromatic heterocycles. The number of benzene rings is 2. The van der Waals surface area contributed by atoms with E-state index in [0.29, 0.717) is 24.7 Å². The van der Waals surface area contributed by atoms with Crippen LogP contribution in [-0.2, 0) is 17.8 Å². The molecule has 0 saturated carbocycles. The molecule has 3 rings (SSSR count). The van der Waals surface area contributed by atoms with E-state index in [1.165, 1.54) is 11.8 Å². The van der Waals surface area contributed by atoms with Gasteiger partial charge in [0, 0.05) is 25.2 Å². The predicted octanol–water partition coefficient (Wildman–Crippen LogP) is 4.71. The third kappa shape index (κ3) is 6.08. The molecule has 164 valence electrons. The molecule has 3 aromatic rings. The SMILES string of the molecule is C=CCn1c(Cc2ccccc2)nnc1SCC(=O)N(CCC#N)c1cc(C)cc(C)c1. The van der Waals surface area contributed by atoms with Gasteiger partial charge < -0.3 is 9.47 Å². The Kier molecular flexibility index (Phi) is 8.23. The monoisotopic (exact) mass is 445 g/mol. The van der Waals surface area contributed by atoms with Gasteiger partial charge in [0.15, 0.2) is 5.16 Å². The standard InChI is InChI=1S/C25H27N5OS/c1-4-12-30-23(17-21-9-6-5-7-10-21)27-28-25(30)32-18-24(31)29(13-8-11-26)22-15-19(2)14-20(3)16-22/h4-7,9-10,14-16H,1,8,12-13,17-18H2,2-3H3. The van der Waals surface area contributed by atoms with Gasteiger partial charge in [-0.3, -0.25) is 4.79 Å². The van der Waals surface area contributed by atoms with Gasteiger partial charge >= 0.3 is 0 Å². The van der Waals surface area contributed by atoms with E-state index in [4.69, 9.17) is 5.26 Å². The molecule has 32 heavy (non-hydrogen) atoms. The lowest BCUT2D eigenvalue weighted by Crippen LogP contribution is -2.33. The minimum Gasteiger partial charge on any atom is -0.311 e. The first-order valence-corrected chi connectivity index (χ1v) is 11.5. The second-order valence-corrected chi connectivity index (χ2v) is 8.49. The Hall–Kier alpha value is -3.37. The average molecular weight is 446 g/mol. The van der Waals surface area contributed by atoms with Gasteiger partial charge in [-0.25, -0.2) is 0 Å². The van der Waals surface area contributed by atoms with E-state index in [1.54, 1.807) is 11.0 Å².